The summed E-state index contributed by atoms with van der Waals surface area (Å²) >= 11 is 0. The molecule has 0 saturated heterocycles. The van der Waals surface area contributed by atoms with Gasteiger partial charge >= 0.3 is 0 Å². The van der Waals surface area contributed by atoms with Crippen LogP contribution in [0.1, 0.15) is 47.1 Å². The van der Waals surface area contributed by atoms with Crippen LogP contribution in [0.5, 0.6) is 11.5 Å². The Hall–Kier alpha value is -1.22. The van der Waals surface area contributed by atoms with Crippen LogP contribution in [0.15, 0.2) is 18.2 Å². The number of methoxy groups -OCH3 is 1. The van der Waals surface area contributed by atoms with Gasteiger partial charge in [-0.15, -0.1) is 0 Å². The minimum atomic E-state index is 0.0232. The zero-order chi connectivity index (χ0) is 16.0. The van der Waals surface area contributed by atoms with E-state index in [1.807, 2.05) is 12.1 Å². The van der Waals surface area contributed by atoms with Crippen LogP contribution in [0.3, 0.4) is 0 Å². The molecule has 1 atom stereocenters. The van der Waals surface area contributed by atoms with Crippen molar-refractivity contribution in [3.8, 4) is 11.5 Å². The fraction of sp³-hybridized carbons (Fsp3) is 0.667. The summed E-state index contributed by atoms with van der Waals surface area (Å²) in [6, 6.07) is 6.42. The third-order valence-electron chi connectivity index (χ3n) is 3.68. The van der Waals surface area contributed by atoms with Crippen LogP contribution in [0.4, 0.5) is 0 Å². The first-order valence-electron chi connectivity index (χ1n) is 7.84. The summed E-state index contributed by atoms with van der Waals surface area (Å²) in [5.41, 5.74) is 1.20. The molecule has 1 aromatic carbocycles. The zero-order valence-electron chi connectivity index (χ0n) is 14.6. The molecule has 1 unspecified atom stereocenters. The number of benzene rings is 1. The van der Waals surface area contributed by atoms with Gasteiger partial charge in [0.2, 0.25) is 0 Å². The fourth-order valence-electron chi connectivity index (χ4n) is 2.28. The maximum absolute atomic E-state index is 6.12. The Bertz CT molecular complexity index is 435. The van der Waals surface area contributed by atoms with Gasteiger partial charge in [0.05, 0.1) is 7.11 Å². The molecule has 0 heterocycles. The number of rotatable bonds is 7. The number of hydrogen-bond acceptors (Lipinski definition) is 3. The highest BCUT2D eigenvalue weighted by molar-refractivity contribution is 5.44. The standard InChI is InChI=1S/C18H31NO2/c1-8-19-16(13(2)3)12-21-17-10-9-14(20-7)11-15(17)18(4,5)6/h9-11,13,16,19H,8,12H2,1-7H3. The zero-order valence-corrected chi connectivity index (χ0v) is 14.6. The minimum Gasteiger partial charge on any atom is -0.497 e. The maximum atomic E-state index is 6.12. The Morgan fingerprint density at radius 2 is 1.86 bits per heavy atom. The van der Waals surface area contributed by atoms with E-state index in [0.29, 0.717) is 18.6 Å². The lowest BCUT2D eigenvalue weighted by Crippen LogP contribution is -2.39. The van der Waals surface area contributed by atoms with Gasteiger partial charge in [-0.25, -0.2) is 0 Å². The second-order valence-electron chi connectivity index (χ2n) is 6.83. The van der Waals surface area contributed by atoms with Gasteiger partial charge in [-0.1, -0.05) is 41.5 Å². The lowest BCUT2D eigenvalue weighted by Gasteiger charge is -2.26. The number of nitrogens with one attached hydrogen (secondary N) is 1. The maximum Gasteiger partial charge on any atom is 0.123 e. The second-order valence-corrected chi connectivity index (χ2v) is 6.83. The topological polar surface area (TPSA) is 30.5 Å². The highest BCUT2D eigenvalue weighted by Crippen LogP contribution is 2.34. The van der Waals surface area contributed by atoms with Crippen LogP contribution >= 0.6 is 0 Å². The van der Waals surface area contributed by atoms with Crippen LogP contribution in [-0.2, 0) is 5.41 Å². The summed E-state index contributed by atoms with van der Waals surface area (Å²) in [7, 11) is 1.70. The molecule has 1 aromatic rings. The molecule has 1 rings (SSSR count). The van der Waals surface area contributed by atoms with Gasteiger partial charge in [-0.05, 0) is 36.1 Å². The molecule has 0 aromatic heterocycles. The first-order valence-corrected chi connectivity index (χ1v) is 7.84. The molecule has 1 N–H and O–H groups in total. The summed E-state index contributed by atoms with van der Waals surface area (Å²) in [4.78, 5) is 0. The predicted octanol–water partition coefficient (Wildman–Crippen LogP) is 4.01. The van der Waals surface area contributed by atoms with Gasteiger partial charge in [0.15, 0.2) is 0 Å². The van der Waals surface area contributed by atoms with Crippen molar-refractivity contribution in [2.24, 2.45) is 5.92 Å². The van der Waals surface area contributed by atoms with E-state index in [9.17, 15) is 0 Å². The van der Waals surface area contributed by atoms with Crippen molar-refractivity contribution in [3.05, 3.63) is 23.8 Å². The molecule has 0 bridgehead atoms. The van der Waals surface area contributed by atoms with Gasteiger partial charge in [0, 0.05) is 11.6 Å². The first kappa shape index (κ1) is 17.8. The Morgan fingerprint density at radius 1 is 1.19 bits per heavy atom. The van der Waals surface area contributed by atoms with Crippen LogP contribution in [-0.4, -0.2) is 26.3 Å². The molecule has 0 aliphatic carbocycles. The minimum absolute atomic E-state index is 0.0232. The molecular formula is C18H31NO2. The Labute approximate surface area is 130 Å². The third-order valence-corrected chi connectivity index (χ3v) is 3.68. The highest BCUT2D eigenvalue weighted by atomic mass is 16.5. The van der Waals surface area contributed by atoms with Gasteiger partial charge in [0.1, 0.15) is 18.1 Å². The lowest BCUT2D eigenvalue weighted by molar-refractivity contribution is 0.228. The number of hydrogen-bond donors (Lipinski definition) is 1. The third kappa shape index (κ3) is 5.24. The van der Waals surface area contributed by atoms with Crippen LogP contribution in [0.25, 0.3) is 0 Å². The molecule has 21 heavy (non-hydrogen) atoms. The molecule has 3 heteroatoms. The van der Waals surface area contributed by atoms with Crippen molar-refractivity contribution >= 4 is 0 Å². The van der Waals surface area contributed by atoms with E-state index in [-0.39, 0.29) is 5.41 Å². The molecule has 3 nitrogen and oxygen atoms in total. The van der Waals surface area contributed by atoms with Gasteiger partial charge in [0.25, 0.3) is 0 Å². The van der Waals surface area contributed by atoms with E-state index in [1.54, 1.807) is 7.11 Å². The Balaban J connectivity index is 2.92. The molecule has 0 radical (unpaired) electrons. The predicted molar refractivity (Wildman–Crippen MR) is 89.5 cm³/mol. The van der Waals surface area contributed by atoms with Gasteiger partial charge in [-0.2, -0.15) is 0 Å². The Kier molecular flexibility index (Phi) is 6.53. The van der Waals surface area contributed by atoms with Gasteiger partial charge in [-0.3, -0.25) is 0 Å². The van der Waals surface area contributed by atoms with E-state index in [4.69, 9.17) is 9.47 Å². The molecule has 0 aliphatic heterocycles. The molecular weight excluding hydrogens is 262 g/mol. The van der Waals surface area contributed by atoms with Crippen LogP contribution < -0.4 is 14.8 Å². The summed E-state index contributed by atoms with van der Waals surface area (Å²) in [5, 5.41) is 3.48. The SMILES string of the molecule is CCNC(COc1ccc(OC)cc1C(C)(C)C)C(C)C. The van der Waals surface area contributed by atoms with Crippen LogP contribution in [0, 0.1) is 5.92 Å². The van der Waals surface area contributed by atoms with Crippen molar-refractivity contribution in [2.75, 3.05) is 20.3 Å². The summed E-state index contributed by atoms with van der Waals surface area (Å²) in [5.74, 6) is 2.37. The largest absolute Gasteiger partial charge is 0.497 e. The summed E-state index contributed by atoms with van der Waals surface area (Å²) < 4.78 is 11.5. The molecule has 0 saturated carbocycles. The molecule has 0 spiro atoms. The van der Waals surface area contributed by atoms with E-state index in [0.717, 1.165) is 18.0 Å². The molecule has 120 valence electrons. The van der Waals surface area contributed by atoms with E-state index < -0.39 is 0 Å². The summed E-state index contributed by atoms with van der Waals surface area (Å²) in [6.07, 6.45) is 0. The quantitative estimate of drug-likeness (QED) is 0.824. The van der Waals surface area contributed by atoms with Crippen molar-refractivity contribution in [1.82, 2.24) is 5.32 Å². The Morgan fingerprint density at radius 3 is 2.33 bits per heavy atom. The van der Waals surface area contributed by atoms with E-state index >= 15 is 0 Å². The molecule has 0 aliphatic rings. The molecule has 0 fully saturated rings. The van der Waals surface area contributed by atoms with Crippen molar-refractivity contribution in [2.45, 2.75) is 53.0 Å². The first-order chi connectivity index (χ1) is 9.79. The van der Waals surface area contributed by atoms with Crippen molar-refractivity contribution in [3.63, 3.8) is 0 Å². The van der Waals surface area contributed by atoms with E-state index in [2.05, 4.69) is 52.9 Å². The van der Waals surface area contributed by atoms with Crippen molar-refractivity contribution in [1.29, 1.82) is 0 Å². The second kappa shape index (κ2) is 7.69. The number of ether oxygens (including phenoxy) is 2. The smallest absolute Gasteiger partial charge is 0.123 e. The fourth-order valence-corrected chi connectivity index (χ4v) is 2.28. The van der Waals surface area contributed by atoms with Crippen LogP contribution in [0.2, 0.25) is 0 Å². The lowest BCUT2D eigenvalue weighted by atomic mass is 9.86. The van der Waals surface area contributed by atoms with E-state index in [1.165, 1.54) is 5.56 Å². The molecule has 0 amide bonds. The summed E-state index contributed by atoms with van der Waals surface area (Å²) in [6.45, 7) is 14.8. The highest BCUT2D eigenvalue weighted by Gasteiger charge is 2.21. The monoisotopic (exact) mass is 293 g/mol. The normalized spacial score (nSPS) is 13.3. The van der Waals surface area contributed by atoms with Gasteiger partial charge < -0.3 is 14.8 Å². The average molecular weight is 293 g/mol. The van der Waals surface area contributed by atoms with Crippen molar-refractivity contribution < 1.29 is 9.47 Å². The number of likely N-dealkylation sites (N-methyl/N-ethyl adjacent to an activating group) is 1. The average Bonchev–Trinajstić information content (AvgIpc) is 2.42.